The van der Waals surface area contributed by atoms with E-state index in [4.69, 9.17) is 5.11 Å². The number of nitrogens with zero attached hydrogens (tertiary/aromatic N) is 1. The van der Waals surface area contributed by atoms with Crippen LogP contribution >= 0.6 is 15.9 Å². The minimum Gasteiger partial charge on any atom is -0.478 e. The van der Waals surface area contributed by atoms with Crippen molar-refractivity contribution in [3.8, 4) is 0 Å². The second-order valence-corrected chi connectivity index (χ2v) is 6.90. The molecule has 0 spiro atoms. The topological polar surface area (TPSA) is 112 Å². The van der Waals surface area contributed by atoms with Crippen LogP contribution in [0.1, 0.15) is 21.7 Å². The first-order chi connectivity index (χ1) is 9.72. The van der Waals surface area contributed by atoms with Gasteiger partial charge in [0.2, 0.25) is 0 Å². The van der Waals surface area contributed by atoms with Gasteiger partial charge in [-0.3, -0.25) is 9.82 Å². The van der Waals surface area contributed by atoms with E-state index in [0.29, 0.717) is 21.5 Å². The Balaban J connectivity index is 2.45. The summed E-state index contributed by atoms with van der Waals surface area (Å²) in [6.07, 6.45) is 0. The van der Waals surface area contributed by atoms with Gasteiger partial charge in [0, 0.05) is 4.47 Å². The Hall–Kier alpha value is -1.87. The lowest BCUT2D eigenvalue weighted by atomic mass is 10.2. The number of carbonyl (C=O) groups is 1. The molecule has 0 amide bonds. The maximum absolute atomic E-state index is 12.3. The van der Waals surface area contributed by atoms with Crippen molar-refractivity contribution in [2.45, 2.75) is 18.7 Å². The van der Waals surface area contributed by atoms with Crippen molar-refractivity contribution >= 4 is 37.6 Å². The number of hydrogen-bond donors (Lipinski definition) is 3. The number of anilines is 1. The van der Waals surface area contributed by atoms with Crippen LogP contribution in [0.25, 0.3) is 0 Å². The van der Waals surface area contributed by atoms with Crippen molar-refractivity contribution in [1.29, 1.82) is 0 Å². The highest BCUT2D eigenvalue weighted by molar-refractivity contribution is 9.10. The molecule has 7 nitrogen and oxygen atoms in total. The third-order valence-electron chi connectivity index (χ3n) is 2.84. The van der Waals surface area contributed by atoms with Crippen molar-refractivity contribution in [2.24, 2.45) is 0 Å². The van der Waals surface area contributed by atoms with Gasteiger partial charge in [-0.05, 0) is 48.0 Å². The van der Waals surface area contributed by atoms with Gasteiger partial charge in [-0.1, -0.05) is 0 Å². The lowest BCUT2D eigenvalue weighted by Gasteiger charge is -2.09. The molecule has 21 heavy (non-hydrogen) atoms. The number of H-pyrrole nitrogens is 1. The van der Waals surface area contributed by atoms with Crippen LogP contribution in [0.4, 0.5) is 5.69 Å². The summed E-state index contributed by atoms with van der Waals surface area (Å²) in [5, 5.41) is 15.6. The molecular formula is C12H12BrN3O4S. The van der Waals surface area contributed by atoms with Crippen LogP contribution in [0, 0.1) is 13.8 Å². The Morgan fingerprint density at radius 2 is 2.05 bits per heavy atom. The highest BCUT2D eigenvalue weighted by Gasteiger charge is 2.20. The molecule has 0 bridgehead atoms. The molecule has 1 heterocycles. The van der Waals surface area contributed by atoms with E-state index in [1.807, 2.05) is 0 Å². The lowest BCUT2D eigenvalue weighted by molar-refractivity contribution is 0.0695. The fourth-order valence-corrected chi connectivity index (χ4v) is 3.35. The molecule has 0 saturated carbocycles. The average Bonchev–Trinajstić information content (AvgIpc) is 2.70. The van der Waals surface area contributed by atoms with Crippen LogP contribution < -0.4 is 4.72 Å². The van der Waals surface area contributed by atoms with E-state index in [1.165, 1.54) is 12.1 Å². The van der Waals surface area contributed by atoms with Crippen molar-refractivity contribution in [3.05, 3.63) is 39.6 Å². The van der Waals surface area contributed by atoms with E-state index < -0.39 is 16.0 Å². The molecule has 0 saturated heterocycles. The predicted molar refractivity (Wildman–Crippen MR) is 80.0 cm³/mol. The van der Waals surface area contributed by atoms with Crippen molar-refractivity contribution in [2.75, 3.05) is 4.72 Å². The van der Waals surface area contributed by atoms with E-state index in [1.54, 1.807) is 13.8 Å². The number of carboxylic acid groups (broad SMARTS) is 1. The molecule has 1 aromatic heterocycles. The molecule has 0 fully saturated rings. The fourth-order valence-electron chi connectivity index (χ4n) is 1.73. The van der Waals surface area contributed by atoms with E-state index >= 15 is 0 Å². The van der Waals surface area contributed by atoms with Gasteiger partial charge in [0.25, 0.3) is 10.0 Å². The molecule has 0 aliphatic heterocycles. The summed E-state index contributed by atoms with van der Waals surface area (Å²) >= 11 is 3.07. The Kier molecular flexibility index (Phi) is 4.06. The molecule has 112 valence electrons. The van der Waals surface area contributed by atoms with Crippen LogP contribution in [0.2, 0.25) is 0 Å². The standard InChI is InChI=1S/C12H12BrN3O4S/c1-6-11(7(2)15-14-6)16-21(19,20)8-3-4-10(13)9(5-8)12(17)18/h3-5,16H,1-2H3,(H,14,15)(H,17,18). The maximum atomic E-state index is 12.3. The number of aromatic amines is 1. The number of halogens is 1. The SMILES string of the molecule is Cc1n[nH]c(C)c1NS(=O)(=O)c1ccc(Br)c(C(=O)O)c1. The minimum atomic E-state index is -3.90. The first-order valence-electron chi connectivity index (χ1n) is 5.79. The molecule has 0 aliphatic carbocycles. The zero-order chi connectivity index (χ0) is 15.8. The third kappa shape index (κ3) is 3.08. The maximum Gasteiger partial charge on any atom is 0.336 e. The van der Waals surface area contributed by atoms with Crippen LogP contribution in [0.3, 0.4) is 0 Å². The molecule has 2 rings (SSSR count). The summed E-state index contributed by atoms with van der Waals surface area (Å²) < 4.78 is 27.4. The third-order valence-corrected chi connectivity index (χ3v) is 4.88. The number of nitrogens with one attached hydrogen (secondary N) is 2. The van der Waals surface area contributed by atoms with Gasteiger partial charge >= 0.3 is 5.97 Å². The van der Waals surface area contributed by atoms with E-state index in [-0.39, 0.29) is 10.5 Å². The Bertz CT molecular complexity index is 794. The second kappa shape index (κ2) is 5.49. The normalized spacial score (nSPS) is 11.4. The molecule has 0 aliphatic rings. The zero-order valence-corrected chi connectivity index (χ0v) is 13.5. The second-order valence-electron chi connectivity index (χ2n) is 4.36. The van der Waals surface area contributed by atoms with E-state index in [2.05, 4.69) is 30.8 Å². The Morgan fingerprint density at radius 3 is 2.57 bits per heavy atom. The predicted octanol–water partition coefficient (Wildman–Crippen LogP) is 2.29. The summed E-state index contributed by atoms with van der Waals surface area (Å²) in [7, 11) is -3.90. The highest BCUT2D eigenvalue weighted by atomic mass is 79.9. The molecular weight excluding hydrogens is 362 g/mol. The smallest absolute Gasteiger partial charge is 0.336 e. The van der Waals surface area contributed by atoms with Crippen LogP contribution in [0.15, 0.2) is 27.6 Å². The minimum absolute atomic E-state index is 0.126. The molecule has 9 heteroatoms. The molecule has 0 unspecified atom stereocenters. The quantitative estimate of drug-likeness (QED) is 0.760. The number of hydrogen-bond acceptors (Lipinski definition) is 4. The fraction of sp³-hybridized carbons (Fsp3) is 0.167. The van der Waals surface area contributed by atoms with Gasteiger partial charge in [-0.2, -0.15) is 5.10 Å². The van der Waals surface area contributed by atoms with E-state index in [9.17, 15) is 13.2 Å². The Morgan fingerprint density at radius 1 is 1.38 bits per heavy atom. The van der Waals surface area contributed by atoms with E-state index in [0.717, 1.165) is 6.07 Å². The van der Waals surface area contributed by atoms with Crippen LogP contribution in [-0.2, 0) is 10.0 Å². The number of aromatic carboxylic acids is 1. The molecule has 0 radical (unpaired) electrons. The zero-order valence-electron chi connectivity index (χ0n) is 11.1. The molecule has 3 N–H and O–H groups in total. The van der Waals surface area contributed by atoms with Crippen molar-refractivity contribution in [3.63, 3.8) is 0 Å². The van der Waals surface area contributed by atoms with Crippen LogP contribution in [0.5, 0.6) is 0 Å². The average molecular weight is 374 g/mol. The van der Waals surface area contributed by atoms with Gasteiger partial charge in [0.1, 0.15) is 0 Å². The lowest BCUT2D eigenvalue weighted by Crippen LogP contribution is -2.15. The first-order valence-corrected chi connectivity index (χ1v) is 8.07. The van der Waals surface area contributed by atoms with Crippen LogP contribution in [-0.4, -0.2) is 29.7 Å². The van der Waals surface area contributed by atoms with Gasteiger partial charge in [-0.25, -0.2) is 13.2 Å². The van der Waals surface area contributed by atoms with Crippen molar-refractivity contribution in [1.82, 2.24) is 10.2 Å². The monoisotopic (exact) mass is 373 g/mol. The Labute approximate surface area is 129 Å². The number of carboxylic acids is 1. The number of aryl methyl sites for hydroxylation is 2. The molecule has 0 atom stereocenters. The largest absolute Gasteiger partial charge is 0.478 e. The summed E-state index contributed by atoms with van der Waals surface area (Å²) in [4.78, 5) is 10.9. The number of aromatic nitrogens is 2. The number of benzene rings is 1. The van der Waals surface area contributed by atoms with Gasteiger partial charge < -0.3 is 5.11 Å². The number of rotatable bonds is 4. The summed E-state index contributed by atoms with van der Waals surface area (Å²) in [5.41, 5.74) is 1.31. The van der Waals surface area contributed by atoms with Gasteiger partial charge in [0.05, 0.1) is 27.5 Å². The highest BCUT2D eigenvalue weighted by Crippen LogP contribution is 2.24. The number of sulfonamides is 1. The summed E-state index contributed by atoms with van der Waals surface area (Å²) in [5.74, 6) is -1.21. The molecule has 1 aromatic carbocycles. The van der Waals surface area contributed by atoms with Gasteiger partial charge in [0.15, 0.2) is 0 Å². The van der Waals surface area contributed by atoms with Gasteiger partial charge in [-0.15, -0.1) is 0 Å². The summed E-state index contributed by atoms with van der Waals surface area (Å²) in [6, 6.07) is 3.80. The van der Waals surface area contributed by atoms with Crippen molar-refractivity contribution < 1.29 is 18.3 Å². The summed E-state index contributed by atoms with van der Waals surface area (Å²) in [6.45, 7) is 3.34. The molecule has 2 aromatic rings. The first kappa shape index (κ1) is 15.5.